The predicted molar refractivity (Wildman–Crippen MR) is 120 cm³/mol. The van der Waals surface area contributed by atoms with Crippen LogP contribution >= 0.6 is 11.8 Å². The molecule has 1 N–H and O–H groups in total. The highest BCUT2D eigenvalue weighted by molar-refractivity contribution is 7.99. The van der Waals surface area contributed by atoms with Crippen LogP contribution in [-0.4, -0.2) is 77.0 Å². The Labute approximate surface area is 190 Å². The number of nitrogens with zero attached hydrogens (tertiary/aromatic N) is 3. The normalized spacial score (nSPS) is 22.5. The molecule has 0 spiro atoms. The average Bonchev–Trinajstić information content (AvgIpc) is 3.51. The van der Waals surface area contributed by atoms with E-state index in [0.29, 0.717) is 30.6 Å². The van der Waals surface area contributed by atoms with Gasteiger partial charge in [-0.05, 0) is 43.0 Å². The van der Waals surface area contributed by atoms with Crippen molar-refractivity contribution in [2.45, 2.75) is 36.6 Å². The molecule has 2 unspecified atom stereocenters. The molecule has 2 aliphatic heterocycles. The Hall–Kier alpha value is -2.24. The Kier molecular flexibility index (Phi) is 7.27. The van der Waals surface area contributed by atoms with E-state index >= 15 is 0 Å². The molecule has 2 saturated heterocycles. The lowest BCUT2D eigenvalue weighted by atomic mass is 10.1. The van der Waals surface area contributed by atoms with E-state index in [2.05, 4.69) is 15.2 Å². The van der Waals surface area contributed by atoms with Gasteiger partial charge in [-0.15, -0.1) is 5.10 Å². The highest BCUT2D eigenvalue weighted by Crippen LogP contribution is 2.23. The predicted octanol–water partition coefficient (Wildman–Crippen LogP) is 2.40. The number of aromatic amines is 1. The Bertz CT molecular complexity index is 1070. The standard InChI is InChI=1S/C21H25FN4O4S2/c22-16-6-3-15(4-7-16)5-8-19-23-21(25-24-19)31-13-20(27)26(12-18-2-1-10-30-18)17-9-11-32(28,29)14-17/h3-8,17-18H,1-2,9-14H2,(H,23,24,25)/b8-5+. The van der Waals surface area contributed by atoms with E-state index in [1.807, 2.05) is 0 Å². The van der Waals surface area contributed by atoms with E-state index in [4.69, 9.17) is 4.74 Å². The summed E-state index contributed by atoms with van der Waals surface area (Å²) in [7, 11) is -3.10. The first-order valence-corrected chi connectivity index (χ1v) is 13.3. The maximum absolute atomic E-state index is 13.0. The van der Waals surface area contributed by atoms with Crippen LogP contribution in [0.5, 0.6) is 0 Å². The summed E-state index contributed by atoms with van der Waals surface area (Å²) in [6.07, 6.45) is 5.75. The van der Waals surface area contributed by atoms with Crippen molar-refractivity contribution < 1.29 is 22.3 Å². The fourth-order valence-corrected chi connectivity index (χ4v) is 6.26. The van der Waals surface area contributed by atoms with Crippen LogP contribution in [0.3, 0.4) is 0 Å². The number of halogens is 1. The third-order valence-electron chi connectivity index (χ3n) is 5.50. The summed E-state index contributed by atoms with van der Waals surface area (Å²) in [5.41, 5.74) is 0.823. The van der Waals surface area contributed by atoms with Crippen LogP contribution in [0, 0.1) is 5.82 Å². The number of sulfone groups is 1. The first-order valence-electron chi connectivity index (χ1n) is 10.5. The number of nitrogens with one attached hydrogen (secondary N) is 1. The van der Waals surface area contributed by atoms with Crippen molar-refractivity contribution in [3.63, 3.8) is 0 Å². The number of hydrogen-bond donors (Lipinski definition) is 1. The van der Waals surface area contributed by atoms with E-state index in [-0.39, 0.29) is 41.1 Å². The number of carbonyl (C=O) groups is 1. The Morgan fingerprint density at radius 1 is 1.28 bits per heavy atom. The van der Waals surface area contributed by atoms with Crippen molar-refractivity contribution in [1.29, 1.82) is 0 Å². The summed E-state index contributed by atoms with van der Waals surface area (Å²) in [5.74, 6) is 0.319. The minimum atomic E-state index is -3.10. The molecule has 8 nitrogen and oxygen atoms in total. The van der Waals surface area contributed by atoms with Crippen LogP contribution in [0.4, 0.5) is 4.39 Å². The number of carbonyl (C=O) groups excluding carboxylic acids is 1. The molecule has 11 heteroatoms. The van der Waals surface area contributed by atoms with Gasteiger partial charge in [0.1, 0.15) is 11.6 Å². The Morgan fingerprint density at radius 2 is 2.09 bits per heavy atom. The van der Waals surface area contributed by atoms with Gasteiger partial charge in [-0.2, -0.15) is 0 Å². The second-order valence-electron chi connectivity index (χ2n) is 7.91. The Balaban J connectivity index is 1.35. The number of benzene rings is 1. The molecule has 0 aliphatic carbocycles. The van der Waals surface area contributed by atoms with Gasteiger partial charge in [0, 0.05) is 19.2 Å². The van der Waals surface area contributed by atoms with E-state index < -0.39 is 9.84 Å². The van der Waals surface area contributed by atoms with Gasteiger partial charge in [0.2, 0.25) is 11.1 Å². The number of amides is 1. The number of rotatable bonds is 8. The second kappa shape index (κ2) is 10.1. The summed E-state index contributed by atoms with van der Waals surface area (Å²) in [6.45, 7) is 1.09. The monoisotopic (exact) mass is 480 g/mol. The van der Waals surface area contributed by atoms with Gasteiger partial charge in [-0.1, -0.05) is 30.0 Å². The van der Waals surface area contributed by atoms with Crippen molar-refractivity contribution in [3.8, 4) is 0 Å². The number of H-pyrrole nitrogens is 1. The van der Waals surface area contributed by atoms with Gasteiger partial charge in [-0.3, -0.25) is 9.89 Å². The Morgan fingerprint density at radius 3 is 2.78 bits per heavy atom. The molecular weight excluding hydrogens is 455 g/mol. The van der Waals surface area contributed by atoms with Gasteiger partial charge in [0.15, 0.2) is 9.84 Å². The summed E-state index contributed by atoms with van der Waals surface area (Å²) in [5, 5.41) is 7.34. The third kappa shape index (κ3) is 6.17. The minimum absolute atomic E-state index is 0.00904. The fourth-order valence-electron chi connectivity index (χ4n) is 3.84. The maximum atomic E-state index is 13.0. The molecule has 1 aromatic heterocycles. The van der Waals surface area contributed by atoms with E-state index in [1.54, 1.807) is 29.2 Å². The van der Waals surface area contributed by atoms with Crippen LogP contribution in [0.2, 0.25) is 0 Å². The number of aromatic nitrogens is 3. The van der Waals surface area contributed by atoms with Crippen molar-refractivity contribution in [1.82, 2.24) is 20.1 Å². The first-order chi connectivity index (χ1) is 15.4. The zero-order chi connectivity index (χ0) is 22.6. The molecule has 2 fully saturated rings. The molecule has 2 atom stereocenters. The quantitative estimate of drug-likeness (QED) is 0.579. The molecule has 1 aromatic carbocycles. The minimum Gasteiger partial charge on any atom is -0.376 e. The molecule has 0 radical (unpaired) electrons. The van der Waals surface area contributed by atoms with Crippen molar-refractivity contribution in [2.75, 3.05) is 30.4 Å². The van der Waals surface area contributed by atoms with Gasteiger partial charge >= 0.3 is 0 Å². The SMILES string of the molecule is O=C(CSc1n[nH]c(/C=C/c2ccc(F)cc2)n1)N(CC1CCCO1)C1CCS(=O)(=O)C1. The van der Waals surface area contributed by atoms with Gasteiger partial charge < -0.3 is 9.64 Å². The van der Waals surface area contributed by atoms with Crippen LogP contribution in [-0.2, 0) is 19.4 Å². The third-order valence-corrected chi connectivity index (χ3v) is 8.09. The van der Waals surface area contributed by atoms with Crippen LogP contribution in [0.25, 0.3) is 12.2 Å². The number of hydrogen-bond acceptors (Lipinski definition) is 7. The smallest absolute Gasteiger partial charge is 0.233 e. The number of ether oxygens (including phenoxy) is 1. The second-order valence-corrected chi connectivity index (χ2v) is 11.1. The van der Waals surface area contributed by atoms with E-state index in [1.165, 1.54) is 23.9 Å². The zero-order valence-corrected chi connectivity index (χ0v) is 19.1. The topological polar surface area (TPSA) is 105 Å². The van der Waals surface area contributed by atoms with Gasteiger partial charge in [0.25, 0.3) is 0 Å². The van der Waals surface area contributed by atoms with E-state index in [0.717, 1.165) is 18.4 Å². The zero-order valence-electron chi connectivity index (χ0n) is 17.4. The lowest BCUT2D eigenvalue weighted by molar-refractivity contribution is -0.131. The van der Waals surface area contributed by atoms with E-state index in [9.17, 15) is 17.6 Å². The molecule has 1 amide bonds. The highest BCUT2D eigenvalue weighted by atomic mass is 32.2. The summed E-state index contributed by atoms with van der Waals surface area (Å²) in [4.78, 5) is 19.0. The maximum Gasteiger partial charge on any atom is 0.233 e. The molecule has 32 heavy (non-hydrogen) atoms. The first kappa shape index (κ1) is 22.9. The molecule has 2 aromatic rings. The van der Waals surface area contributed by atoms with Gasteiger partial charge in [-0.25, -0.2) is 17.8 Å². The average molecular weight is 481 g/mol. The molecule has 4 rings (SSSR count). The summed E-state index contributed by atoms with van der Waals surface area (Å²) >= 11 is 1.20. The van der Waals surface area contributed by atoms with Crippen LogP contribution < -0.4 is 0 Å². The molecule has 172 valence electrons. The summed E-state index contributed by atoms with van der Waals surface area (Å²) < 4.78 is 42.5. The largest absolute Gasteiger partial charge is 0.376 e. The lowest BCUT2D eigenvalue weighted by Gasteiger charge is -2.30. The highest BCUT2D eigenvalue weighted by Gasteiger charge is 2.36. The lowest BCUT2D eigenvalue weighted by Crippen LogP contribution is -2.46. The van der Waals surface area contributed by atoms with Crippen LogP contribution in [0.1, 0.15) is 30.7 Å². The number of thioether (sulfide) groups is 1. The van der Waals surface area contributed by atoms with Crippen molar-refractivity contribution in [3.05, 3.63) is 41.5 Å². The molecule has 3 heterocycles. The fraction of sp³-hybridized carbons (Fsp3) is 0.476. The van der Waals surface area contributed by atoms with Crippen molar-refractivity contribution in [2.24, 2.45) is 0 Å². The molecule has 2 aliphatic rings. The molecule has 0 saturated carbocycles. The molecular formula is C21H25FN4O4S2. The summed E-state index contributed by atoms with van der Waals surface area (Å²) in [6, 6.07) is 5.76. The van der Waals surface area contributed by atoms with Crippen molar-refractivity contribution >= 4 is 39.7 Å². The van der Waals surface area contributed by atoms with Crippen LogP contribution in [0.15, 0.2) is 29.4 Å². The molecule has 0 bridgehead atoms. The van der Waals surface area contributed by atoms with Gasteiger partial charge in [0.05, 0.1) is 23.4 Å².